The summed E-state index contributed by atoms with van der Waals surface area (Å²) in [4.78, 5) is 12.5. The molecule has 0 radical (unpaired) electrons. The predicted molar refractivity (Wildman–Crippen MR) is 84.0 cm³/mol. The van der Waals surface area contributed by atoms with Crippen LogP contribution in [0.3, 0.4) is 0 Å². The topological polar surface area (TPSA) is 75.7 Å². The third kappa shape index (κ3) is 2.47. The van der Waals surface area contributed by atoms with Gasteiger partial charge in [0.1, 0.15) is 0 Å². The van der Waals surface area contributed by atoms with Crippen molar-refractivity contribution in [3.8, 4) is 0 Å². The van der Waals surface area contributed by atoms with Crippen molar-refractivity contribution in [2.75, 3.05) is 26.3 Å². The molecule has 124 valence electrons. The summed E-state index contributed by atoms with van der Waals surface area (Å²) in [6, 6.07) is 8.18. The predicted octanol–water partition coefficient (Wildman–Crippen LogP) is 0.584. The van der Waals surface area contributed by atoms with E-state index in [0.29, 0.717) is 26.3 Å². The lowest BCUT2D eigenvalue weighted by Crippen LogP contribution is -2.49. The van der Waals surface area contributed by atoms with E-state index in [-0.39, 0.29) is 17.2 Å². The van der Waals surface area contributed by atoms with Crippen LogP contribution < -0.4 is 4.72 Å². The zero-order valence-electron chi connectivity index (χ0n) is 12.8. The molecule has 23 heavy (non-hydrogen) atoms. The number of hydrogen-bond acceptors (Lipinski definition) is 4. The van der Waals surface area contributed by atoms with Crippen LogP contribution in [0.15, 0.2) is 24.3 Å². The van der Waals surface area contributed by atoms with Gasteiger partial charge in [-0.15, -0.1) is 0 Å². The van der Waals surface area contributed by atoms with Crippen LogP contribution in [-0.2, 0) is 31.6 Å². The van der Waals surface area contributed by atoms with Gasteiger partial charge in [-0.05, 0) is 30.4 Å². The molecule has 2 atom stereocenters. The minimum Gasteiger partial charge on any atom is -0.379 e. The first-order chi connectivity index (χ1) is 11.0. The van der Waals surface area contributed by atoms with Gasteiger partial charge in [0.25, 0.3) is 0 Å². The number of nitrogens with one attached hydrogen (secondary N) is 1. The van der Waals surface area contributed by atoms with Crippen molar-refractivity contribution in [2.45, 2.75) is 24.7 Å². The second-order valence-electron chi connectivity index (χ2n) is 6.55. The highest BCUT2D eigenvalue weighted by molar-refractivity contribution is 7.87. The van der Waals surface area contributed by atoms with Gasteiger partial charge in [-0.1, -0.05) is 24.3 Å². The van der Waals surface area contributed by atoms with E-state index in [1.54, 1.807) is 0 Å². The number of aryl methyl sites for hydroxylation is 1. The molecule has 0 bridgehead atoms. The van der Waals surface area contributed by atoms with Crippen molar-refractivity contribution in [3.63, 3.8) is 0 Å². The molecule has 1 saturated carbocycles. The fourth-order valence-corrected chi connectivity index (χ4v) is 5.14. The fourth-order valence-electron chi connectivity index (χ4n) is 3.99. The number of ether oxygens (including phenoxy) is 1. The lowest BCUT2D eigenvalue weighted by atomic mass is 9.95. The number of rotatable bonds is 3. The number of carbonyl (C=O) groups is 1. The largest absolute Gasteiger partial charge is 0.379 e. The van der Waals surface area contributed by atoms with Crippen LogP contribution in [0.1, 0.15) is 24.0 Å². The lowest BCUT2D eigenvalue weighted by Gasteiger charge is -2.26. The standard InChI is InChI=1S/C16H20N2O4S/c19-15(17-23(20,21)18-7-9-22-10-8-18)14-11-16(14)6-5-12-3-1-2-4-13(12)16/h1-4,14H,5-11H2,(H,17,19)/t14-,16-/m0/s1. The Morgan fingerprint density at radius 3 is 2.78 bits per heavy atom. The summed E-state index contributed by atoms with van der Waals surface area (Å²) >= 11 is 0. The summed E-state index contributed by atoms with van der Waals surface area (Å²) in [7, 11) is -3.76. The third-order valence-corrected chi connectivity index (χ3v) is 6.83. The molecule has 6 nitrogen and oxygen atoms in total. The molecule has 1 saturated heterocycles. The van der Waals surface area contributed by atoms with Crippen molar-refractivity contribution >= 4 is 16.1 Å². The van der Waals surface area contributed by atoms with Gasteiger partial charge in [-0.3, -0.25) is 4.79 Å². The smallest absolute Gasteiger partial charge is 0.303 e. The molecule has 4 rings (SSSR count). The summed E-state index contributed by atoms with van der Waals surface area (Å²) in [6.07, 6.45) is 2.65. The molecule has 1 spiro atoms. The SMILES string of the molecule is O=C(NS(=O)(=O)N1CCOCC1)[C@@H]1C[C@]12CCc1ccccc12. The van der Waals surface area contributed by atoms with Crippen molar-refractivity contribution in [3.05, 3.63) is 35.4 Å². The molecular formula is C16H20N2O4S. The van der Waals surface area contributed by atoms with E-state index in [1.807, 2.05) is 12.1 Å². The molecule has 3 aliphatic rings. The molecule has 2 aliphatic carbocycles. The number of morpholine rings is 1. The van der Waals surface area contributed by atoms with E-state index >= 15 is 0 Å². The van der Waals surface area contributed by atoms with Crippen LogP contribution in [0.25, 0.3) is 0 Å². The van der Waals surface area contributed by atoms with E-state index in [9.17, 15) is 13.2 Å². The first-order valence-corrected chi connectivity index (χ1v) is 9.45. The quantitative estimate of drug-likeness (QED) is 0.876. The lowest BCUT2D eigenvalue weighted by molar-refractivity contribution is -0.121. The Bertz CT molecular complexity index is 742. The van der Waals surface area contributed by atoms with E-state index in [4.69, 9.17) is 4.74 Å². The van der Waals surface area contributed by atoms with Crippen LogP contribution >= 0.6 is 0 Å². The van der Waals surface area contributed by atoms with Crippen LogP contribution in [-0.4, -0.2) is 44.9 Å². The maximum atomic E-state index is 12.5. The third-order valence-electron chi connectivity index (χ3n) is 5.33. The van der Waals surface area contributed by atoms with Crippen molar-refractivity contribution in [1.82, 2.24) is 9.03 Å². The summed E-state index contributed by atoms with van der Waals surface area (Å²) < 4.78 is 33.3. The molecule has 1 aromatic rings. The van der Waals surface area contributed by atoms with Gasteiger partial charge in [0, 0.05) is 24.4 Å². The first kappa shape index (κ1) is 15.1. The zero-order valence-corrected chi connectivity index (χ0v) is 13.6. The molecule has 1 amide bonds. The van der Waals surface area contributed by atoms with Crippen molar-refractivity contribution in [2.24, 2.45) is 5.92 Å². The second-order valence-corrected chi connectivity index (χ2v) is 8.22. The molecule has 7 heteroatoms. The summed E-state index contributed by atoms with van der Waals surface area (Å²) in [5, 5.41) is 0. The summed E-state index contributed by atoms with van der Waals surface area (Å²) in [5.74, 6) is -0.602. The highest BCUT2D eigenvalue weighted by Gasteiger charge is 2.61. The van der Waals surface area contributed by atoms with E-state index in [0.717, 1.165) is 19.3 Å². The molecule has 1 N–H and O–H groups in total. The zero-order chi connectivity index (χ0) is 16.1. The summed E-state index contributed by atoms with van der Waals surface area (Å²) in [6.45, 7) is 1.33. The van der Waals surface area contributed by atoms with Gasteiger partial charge < -0.3 is 4.74 Å². The Labute approximate surface area is 136 Å². The fraction of sp³-hybridized carbons (Fsp3) is 0.562. The number of amides is 1. The van der Waals surface area contributed by atoms with E-state index < -0.39 is 10.2 Å². The molecular weight excluding hydrogens is 316 g/mol. The maximum absolute atomic E-state index is 12.5. The van der Waals surface area contributed by atoms with Crippen molar-refractivity contribution in [1.29, 1.82) is 0 Å². The normalized spacial score (nSPS) is 30.2. The Morgan fingerprint density at radius 2 is 2.00 bits per heavy atom. The van der Waals surface area contributed by atoms with Crippen LogP contribution in [0.2, 0.25) is 0 Å². The molecule has 1 heterocycles. The Kier molecular flexibility index (Phi) is 3.48. The molecule has 1 aromatic carbocycles. The summed E-state index contributed by atoms with van der Waals surface area (Å²) in [5.41, 5.74) is 2.38. The van der Waals surface area contributed by atoms with Gasteiger partial charge in [-0.25, -0.2) is 4.72 Å². The van der Waals surface area contributed by atoms with Gasteiger partial charge in [0.05, 0.1) is 13.2 Å². The van der Waals surface area contributed by atoms with Gasteiger partial charge in [0.15, 0.2) is 0 Å². The Morgan fingerprint density at radius 1 is 1.26 bits per heavy atom. The van der Waals surface area contributed by atoms with Crippen LogP contribution in [0.4, 0.5) is 0 Å². The monoisotopic (exact) mass is 336 g/mol. The van der Waals surface area contributed by atoms with Gasteiger partial charge in [0.2, 0.25) is 5.91 Å². The maximum Gasteiger partial charge on any atom is 0.303 e. The Balaban J connectivity index is 1.48. The van der Waals surface area contributed by atoms with E-state index in [2.05, 4.69) is 16.9 Å². The average molecular weight is 336 g/mol. The molecule has 1 aliphatic heterocycles. The molecule has 0 aromatic heterocycles. The molecule has 0 unspecified atom stereocenters. The highest BCUT2D eigenvalue weighted by atomic mass is 32.2. The van der Waals surface area contributed by atoms with E-state index in [1.165, 1.54) is 15.4 Å². The second kappa shape index (κ2) is 5.29. The average Bonchev–Trinajstić information content (AvgIpc) is 3.18. The first-order valence-electron chi connectivity index (χ1n) is 8.01. The molecule has 2 fully saturated rings. The van der Waals surface area contributed by atoms with Crippen LogP contribution in [0, 0.1) is 5.92 Å². The Hall–Kier alpha value is -1.44. The number of carbonyl (C=O) groups excluding carboxylic acids is 1. The van der Waals surface area contributed by atoms with Crippen molar-refractivity contribution < 1.29 is 17.9 Å². The minimum atomic E-state index is -3.76. The van der Waals surface area contributed by atoms with Crippen LogP contribution in [0.5, 0.6) is 0 Å². The van der Waals surface area contributed by atoms with Gasteiger partial charge in [-0.2, -0.15) is 12.7 Å². The minimum absolute atomic E-state index is 0.138. The number of fused-ring (bicyclic) bond motifs is 2. The number of hydrogen-bond donors (Lipinski definition) is 1. The van der Waals surface area contributed by atoms with Gasteiger partial charge >= 0.3 is 10.2 Å². The highest BCUT2D eigenvalue weighted by Crippen LogP contribution is 2.61. The number of benzene rings is 1. The number of nitrogens with zero attached hydrogens (tertiary/aromatic N) is 1.